The number of nitrogens with zero attached hydrogens (tertiary/aromatic N) is 1. The number of ether oxygens (including phenoxy) is 1. The molecule has 5 rings (SSSR count). The number of carbonyl (C=O) groups is 1. The van der Waals surface area contributed by atoms with Gasteiger partial charge in [-0.15, -0.1) is 13.2 Å². The zero-order valence-corrected chi connectivity index (χ0v) is 24.2. The molecule has 2 N–H and O–H groups in total. The largest absolute Gasteiger partial charge is 0.573 e. The van der Waals surface area contributed by atoms with E-state index < -0.39 is 42.3 Å². The van der Waals surface area contributed by atoms with Gasteiger partial charge >= 0.3 is 18.5 Å². The van der Waals surface area contributed by atoms with Gasteiger partial charge in [0.05, 0.1) is 12.1 Å². The second kappa shape index (κ2) is 11.8. The normalized spacial score (nSPS) is 17.2. The van der Waals surface area contributed by atoms with E-state index in [4.69, 9.17) is 0 Å². The van der Waals surface area contributed by atoms with Crippen molar-refractivity contribution < 1.29 is 46.1 Å². The molecular formula is C34H29F6NO4. The lowest BCUT2D eigenvalue weighted by Crippen LogP contribution is -2.44. The van der Waals surface area contributed by atoms with Crippen LogP contribution in [0.3, 0.4) is 0 Å². The van der Waals surface area contributed by atoms with Crippen molar-refractivity contribution in [2.75, 3.05) is 18.0 Å². The molecule has 45 heavy (non-hydrogen) atoms. The maximum absolute atomic E-state index is 13.5. The van der Waals surface area contributed by atoms with Crippen LogP contribution in [0, 0.1) is 13.8 Å². The highest BCUT2D eigenvalue weighted by atomic mass is 19.4. The molecule has 1 aliphatic heterocycles. The maximum Gasteiger partial charge on any atom is 0.573 e. The van der Waals surface area contributed by atoms with Gasteiger partial charge in [-0.2, -0.15) is 13.2 Å². The van der Waals surface area contributed by atoms with Crippen molar-refractivity contribution in [3.05, 3.63) is 118 Å². The van der Waals surface area contributed by atoms with E-state index in [0.717, 1.165) is 16.7 Å². The number of fused-ring (bicyclic) bond motifs is 1. The van der Waals surface area contributed by atoms with Crippen molar-refractivity contribution >= 4 is 11.7 Å². The summed E-state index contributed by atoms with van der Waals surface area (Å²) in [5.74, 6) is -1.50. The number of β-amino-alcohol motifs (C(OH)–C–C–N with tert-alkyl or cyclic N) is 1. The number of anilines is 1. The molecule has 0 aliphatic carbocycles. The van der Waals surface area contributed by atoms with Gasteiger partial charge in [0.25, 0.3) is 0 Å². The molecule has 2 atom stereocenters. The Labute approximate surface area is 255 Å². The fourth-order valence-corrected chi connectivity index (χ4v) is 6.14. The minimum absolute atomic E-state index is 0.0106. The molecule has 4 aromatic rings. The Kier molecular flexibility index (Phi) is 8.35. The van der Waals surface area contributed by atoms with E-state index in [9.17, 15) is 41.4 Å². The number of carboxylic acids is 1. The van der Waals surface area contributed by atoms with Crippen molar-refractivity contribution in [3.8, 4) is 16.9 Å². The Morgan fingerprint density at radius 3 is 2.29 bits per heavy atom. The Hall–Kier alpha value is -4.51. The highest BCUT2D eigenvalue weighted by Crippen LogP contribution is 2.49. The molecule has 0 spiro atoms. The molecule has 0 fully saturated rings. The van der Waals surface area contributed by atoms with E-state index in [1.165, 1.54) is 29.2 Å². The smallest absolute Gasteiger partial charge is 0.478 e. The summed E-state index contributed by atoms with van der Waals surface area (Å²) in [4.78, 5) is 13.0. The number of alkyl halides is 6. The summed E-state index contributed by atoms with van der Waals surface area (Å²) in [6.45, 7) is 2.90. The molecule has 0 amide bonds. The van der Waals surface area contributed by atoms with Crippen molar-refractivity contribution in [2.24, 2.45) is 0 Å². The monoisotopic (exact) mass is 629 g/mol. The molecule has 236 valence electrons. The van der Waals surface area contributed by atoms with Gasteiger partial charge in [-0.1, -0.05) is 48.5 Å². The van der Waals surface area contributed by atoms with Gasteiger partial charge in [0.15, 0.2) is 6.10 Å². The number of aliphatic hydroxyl groups excluding tert-OH is 1. The summed E-state index contributed by atoms with van der Waals surface area (Å²) in [6.07, 6.45) is -12.3. The first-order valence-electron chi connectivity index (χ1n) is 14.0. The predicted octanol–water partition coefficient (Wildman–Crippen LogP) is 7.84. The quantitative estimate of drug-likeness (QED) is 0.195. The van der Waals surface area contributed by atoms with E-state index in [1.807, 2.05) is 25.1 Å². The number of carboxylic acid groups (broad SMARTS) is 1. The lowest BCUT2D eigenvalue weighted by Gasteiger charge is -2.33. The molecule has 1 heterocycles. The number of aromatic carboxylic acids is 1. The fraction of sp³-hybridized carbons (Fsp3) is 0.265. The summed E-state index contributed by atoms with van der Waals surface area (Å²) in [7, 11) is 0. The number of aryl methyl sites for hydroxylation is 2. The zero-order chi connectivity index (χ0) is 32.7. The summed E-state index contributed by atoms with van der Waals surface area (Å²) >= 11 is 0. The van der Waals surface area contributed by atoms with Crippen LogP contribution in [0.15, 0.2) is 84.9 Å². The zero-order valence-electron chi connectivity index (χ0n) is 24.2. The van der Waals surface area contributed by atoms with Crippen molar-refractivity contribution in [2.45, 2.75) is 44.3 Å². The SMILES string of the molecule is Cc1cc(C(=O)O)ccc1-c1cc(C2(Cc3cccc(OC(F)(F)F)c3)CN(C[C@@H](O)C(F)(F)F)c3ccccc32)ccc1C. The number of para-hydroxylation sites is 1. The minimum Gasteiger partial charge on any atom is -0.478 e. The molecule has 4 aromatic carbocycles. The van der Waals surface area contributed by atoms with Crippen LogP contribution < -0.4 is 9.64 Å². The fourth-order valence-electron chi connectivity index (χ4n) is 6.14. The van der Waals surface area contributed by atoms with E-state index in [1.54, 1.807) is 49.4 Å². The van der Waals surface area contributed by atoms with Crippen molar-refractivity contribution in [3.63, 3.8) is 0 Å². The molecule has 0 radical (unpaired) electrons. The van der Waals surface area contributed by atoms with Crippen molar-refractivity contribution in [1.82, 2.24) is 0 Å². The summed E-state index contributed by atoms with van der Waals surface area (Å²) in [6, 6.07) is 22.7. The average Bonchev–Trinajstić information content (AvgIpc) is 3.26. The Balaban J connectivity index is 1.68. The topological polar surface area (TPSA) is 70.0 Å². The van der Waals surface area contributed by atoms with Crippen LogP contribution in [-0.2, 0) is 11.8 Å². The molecule has 0 saturated heterocycles. The number of benzene rings is 4. The molecule has 1 unspecified atom stereocenters. The molecule has 0 aromatic heterocycles. The Morgan fingerprint density at radius 1 is 0.889 bits per heavy atom. The second-order valence-electron chi connectivity index (χ2n) is 11.3. The lowest BCUT2D eigenvalue weighted by molar-refractivity contribution is -0.274. The number of hydrogen-bond acceptors (Lipinski definition) is 4. The van der Waals surface area contributed by atoms with Gasteiger partial charge < -0.3 is 19.8 Å². The van der Waals surface area contributed by atoms with Crippen LogP contribution in [0.5, 0.6) is 5.75 Å². The first-order valence-corrected chi connectivity index (χ1v) is 14.0. The number of halogens is 6. The van der Waals surface area contributed by atoms with E-state index in [-0.39, 0.29) is 18.5 Å². The third-order valence-corrected chi connectivity index (χ3v) is 8.18. The third kappa shape index (κ3) is 6.63. The van der Waals surface area contributed by atoms with Crippen LogP contribution in [0.25, 0.3) is 11.1 Å². The predicted molar refractivity (Wildman–Crippen MR) is 157 cm³/mol. The molecule has 5 nitrogen and oxygen atoms in total. The van der Waals surface area contributed by atoms with Crippen LogP contribution >= 0.6 is 0 Å². The van der Waals surface area contributed by atoms with Crippen LogP contribution in [0.4, 0.5) is 32.0 Å². The summed E-state index contributed by atoms with van der Waals surface area (Å²) in [5.41, 5.74) is 4.38. The van der Waals surface area contributed by atoms with Crippen molar-refractivity contribution in [1.29, 1.82) is 0 Å². The van der Waals surface area contributed by atoms with E-state index >= 15 is 0 Å². The van der Waals surface area contributed by atoms with Gasteiger partial charge in [0, 0.05) is 17.6 Å². The van der Waals surface area contributed by atoms with E-state index in [0.29, 0.717) is 27.9 Å². The highest BCUT2D eigenvalue weighted by molar-refractivity contribution is 5.89. The van der Waals surface area contributed by atoms with Gasteiger partial charge in [-0.25, -0.2) is 4.79 Å². The number of hydrogen-bond donors (Lipinski definition) is 2. The molecular weight excluding hydrogens is 600 g/mol. The van der Waals surface area contributed by atoms with Crippen LogP contribution in [-0.4, -0.2) is 47.9 Å². The standard InChI is InChI=1S/C34H29F6NO4/c1-20-10-12-24(16-27(20)26-13-11-23(31(43)44)14-21(26)2)32(17-22-6-5-7-25(15-22)45-34(38,39)40)19-41(18-30(42)33(35,36)37)29-9-4-3-8-28(29)32/h3-16,30,42H,17-19H2,1-2H3,(H,43,44)/t30-,32?/m1/s1. The Morgan fingerprint density at radius 2 is 1.62 bits per heavy atom. The van der Waals surface area contributed by atoms with Gasteiger partial charge in [0.2, 0.25) is 0 Å². The maximum atomic E-state index is 13.5. The molecule has 0 saturated carbocycles. The molecule has 11 heteroatoms. The van der Waals surface area contributed by atoms with Gasteiger partial charge in [-0.05, 0) is 95.6 Å². The second-order valence-corrected chi connectivity index (χ2v) is 11.3. The molecule has 0 bridgehead atoms. The van der Waals surface area contributed by atoms with Gasteiger partial charge in [0.1, 0.15) is 5.75 Å². The third-order valence-electron chi connectivity index (χ3n) is 8.18. The van der Waals surface area contributed by atoms with Gasteiger partial charge in [-0.3, -0.25) is 0 Å². The number of rotatable bonds is 8. The molecule has 1 aliphatic rings. The van der Waals surface area contributed by atoms with Crippen LogP contribution in [0.1, 0.15) is 38.2 Å². The van der Waals surface area contributed by atoms with Crippen LogP contribution in [0.2, 0.25) is 0 Å². The first-order chi connectivity index (χ1) is 21.1. The first kappa shape index (κ1) is 31.9. The average molecular weight is 630 g/mol. The summed E-state index contributed by atoms with van der Waals surface area (Å²) < 4.78 is 83.8. The lowest BCUT2D eigenvalue weighted by atomic mass is 9.71. The number of aliphatic hydroxyl groups is 1. The Bertz CT molecular complexity index is 1730. The minimum atomic E-state index is -4.92. The van der Waals surface area contributed by atoms with E-state index in [2.05, 4.69) is 4.74 Å². The summed E-state index contributed by atoms with van der Waals surface area (Å²) in [5, 5.41) is 19.5. The highest BCUT2D eigenvalue weighted by Gasteiger charge is 2.47.